The summed E-state index contributed by atoms with van der Waals surface area (Å²) in [6.07, 6.45) is -0.0443. The maximum absolute atomic E-state index is 12.0. The van der Waals surface area contributed by atoms with E-state index in [2.05, 4.69) is 13.2 Å². The summed E-state index contributed by atoms with van der Waals surface area (Å²) in [6, 6.07) is 5.38. The van der Waals surface area contributed by atoms with Gasteiger partial charge in [-0.05, 0) is 31.2 Å². The molecule has 0 heterocycles. The Morgan fingerprint density at radius 2 is 1.75 bits per heavy atom. The molecular formula is C17H18O7. The minimum absolute atomic E-state index is 0.00148. The van der Waals surface area contributed by atoms with Crippen molar-refractivity contribution in [2.45, 2.75) is 13.0 Å². The van der Waals surface area contributed by atoms with Gasteiger partial charge in [0.2, 0.25) is 0 Å². The van der Waals surface area contributed by atoms with E-state index in [9.17, 15) is 19.5 Å². The Morgan fingerprint density at radius 3 is 2.29 bits per heavy atom. The van der Waals surface area contributed by atoms with Gasteiger partial charge >= 0.3 is 17.9 Å². The number of carbonyl (C=O) groups is 3. The number of aromatic hydroxyl groups is 1. The zero-order chi connectivity index (χ0) is 18.1. The van der Waals surface area contributed by atoms with E-state index in [0.29, 0.717) is 0 Å². The molecule has 24 heavy (non-hydrogen) atoms. The summed E-state index contributed by atoms with van der Waals surface area (Å²) >= 11 is 0. The van der Waals surface area contributed by atoms with Crippen molar-refractivity contribution in [1.29, 1.82) is 0 Å². The predicted molar refractivity (Wildman–Crippen MR) is 84.2 cm³/mol. The summed E-state index contributed by atoms with van der Waals surface area (Å²) in [5.41, 5.74) is 0.362. The molecule has 1 atom stereocenters. The van der Waals surface area contributed by atoms with Crippen molar-refractivity contribution in [2.75, 3.05) is 13.2 Å². The highest BCUT2D eigenvalue weighted by molar-refractivity contribution is 5.90. The van der Waals surface area contributed by atoms with E-state index in [1.165, 1.54) is 31.2 Å². The van der Waals surface area contributed by atoms with Crippen molar-refractivity contribution in [3.63, 3.8) is 0 Å². The highest BCUT2D eigenvalue weighted by Crippen LogP contribution is 2.12. The second-order valence-electron chi connectivity index (χ2n) is 4.79. The first-order chi connectivity index (χ1) is 11.3. The number of esters is 3. The van der Waals surface area contributed by atoms with Gasteiger partial charge in [-0.25, -0.2) is 14.4 Å². The Labute approximate surface area is 139 Å². The van der Waals surface area contributed by atoms with Crippen LogP contribution in [0.5, 0.6) is 5.75 Å². The van der Waals surface area contributed by atoms with E-state index >= 15 is 0 Å². The Hall–Kier alpha value is -3.09. The molecule has 0 radical (unpaired) electrons. The lowest BCUT2D eigenvalue weighted by Gasteiger charge is -2.17. The largest absolute Gasteiger partial charge is 0.508 e. The quantitative estimate of drug-likeness (QED) is 0.439. The van der Waals surface area contributed by atoms with Crippen LogP contribution in [0.2, 0.25) is 0 Å². The van der Waals surface area contributed by atoms with Crippen LogP contribution >= 0.6 is 0 Å². The molecule has 0 aromatic heterocycles. The molecule has 1 aromatic carbocycles. The van der Waals surface area contributed by atoms with Gasteiger partial charge in [-0.15, -0.1) is 0 Å². The predicted octanol–water partition coefficient (Wildman–Crippen LogP) is 1.77. The fourth-order valence-electron chi connectivity index (χ4n) is 1.46. The molecule has 1 N–H and O–H groups in total. The summed E-state index contributed by atoms with van der Waals surface area (Å²) < 4.78 is 14.9. The second kappa shape index (κ2) is 9.14. The molecule has 0 aliphatic rings. The van der Waals surface area contributed by atoms with Gasteiger partial charge in [0.25, 0.3) is 0 Å². The van der Waals surface area contributed by atoms with Crippen LogP contribution in [-0.4, -0.2) is 42.3 Å². The summed E-state index contributed by atoms with van der Waals surface area (Å²) in [5, 5.41) is 9.21. The number of benzene rings is 1. The maximum Gasteiger partial charge on any atom is 0.338 e. The van der Waals surface area contributed by atoms with Crippen molar-refractivity contribution in [3.05, 3.63) is 54.6 Å². The topological polar surface area (TPSA) is 99.1 Å². The SMILES string of the molecule is C=CC(=O)OCC(COC(=O)C(=C)C)OC(=O)c1ccc(O)cc1. The third-order valence-corrected chi connectivity index (χ3v) is 2.70. The molecule has 0 saturated carbocycles. The average Bonchev–Trinajstić information content (AvgIpc) is 2.56. The Bertz CT molecular complexity index is 631. The molecule has 7 nitrogen and oxygen atoms in total. The second-order valence-corrected chi connectivity index (χ2v) is 4.79. The summed E-state index contributed by atoms with van der Waals surface area (Å²) in [6.45, 7) is 7.54. The van der Waals surface area contributed by atoms with Crippen molar-refractivity contribution in [3.8, 4) is 5.75 Å². The number of phenols is 1. The first-order valence-corrected chi connectivity index (χ1v) is 6.95. The normalized spacial score (nSPS) is 11.0. The van der Waals surface area contributed by atoms with E-state index < -0.39 is 24.0 Å². The number of phenolic OH excluding ortho intramolecular Hbond substituents is 1. The van der Waals surface area contributed by atoms with E-state index in [1.807, 2.05) is 0 Å². The third kappa shape index (κ3) is 6.35. The zero-order valence-electron chi connectivity index (χ0n) is 13.2. The van der Waals surface area contributed by atoms with Crippen LogP contribution in [0.25, 0.3) is 0 Å². The molecule has 1 rings (SSSR count). The van der Waals surface area contributed by atoms with Crippen LogP contribution in [0, 0.1) is 0 Å². The summed E-state index contributed by atoms with van der Waals surface area (Å²) in [4.78, 5) is 34.6. The minimum atomic E-state index is -1.00. The Balaban J connectivity index is 2.71. The molecule has 0 bridgehead atoms. The molecule has 0 aliphatic carbocycles. The third-order valence-electron chi connectivity index (χ3n) is 2.70. The van der Waals surface area contributed by atoms with Crippen molar-refractivity contribution in [1.82, 2.24) is 0 Å². The number of ether oxygens (including phenoxy) is 3. The molecule has 0 aliphatic heterocycles. The first-order valence-electron chi connectivity index (χ1n) is 6.95. The zero-order valence-corrected chi connectivity index (χ0v) is 13.2. The van der Waals surface area contributed by atoms with Gasteiger partial charge in [0.05, 0.1) is 5.56 Å². The van der Waals surface area contributed by atoms with Crippen LogP contribution in [0.1, 0.15) is 17.3 Å². The lowest BCUT2D eigenvalue weighted by molar-refractivity contribution is -0.147. The molecule has 7 heteroatoms. The molecule has 0 amide bonds. The monoisotopic (exact) mass is 334 g/mol. The number of carbonyl (C=O) groups excluding carboxylic acids is 3. The average molecular weight is 334 g/mol. The number of hydrogen-bond donors (Lipinski definition) is 1. The fourth-order valence-corrected chi connectivity index (χ4v) is 1.46. The van der Waals surface area contributed by atoms with Crippen molar-refractivity contribution < 1.29 is 33.7 Å². The fraction of sp³-hybridized carbons (Fsp3) is 0.235. The lowest BCUT2D eigenvalue weighted by atomic mass is 10.2. The van der Waals surface area contributed by atoms with Gasteiger partial charge in [-0.2, -0.15) is 0 Å². The molecule has 1 unspecified atom stereocenters. The van der Waals surface area contributed by atoms with E-state index in [1.54, 1.807) is 0 Å². The molecule has 1 aromatic rings. The molecule has 0 saturated heterocycles. The molecule has 0 fully saturated rings. The number of hydrogen-bond acceptors (Lipinski definition) is 7. The van der Waals surface area contributed by atoms with Gasteiger partial charge in [-0.3, -0.25) is 0 Å². The lowest BCUT2D eigenvalue weighted by Crippen LogP contribution is -2.30. The maximum atomic E-state index is 12.0. The first kappa shape index (κ1) is 19.0. The molecular weight excluding hydrogens is 316 g/mol. The van der Waals surface area contributed by atoms with Gasteiger partial charge in [-0.1, -0.05) is 13.2 Å². The number of rotatable bonds is 8. The van der Waals surface area contributed by atoms with Crippen LogP contribution in [0.4, 0.5) is 0 Å². The summed E-state index contributed by atoms with van der Waals surface area (Å²) in [5.74, 6) is -2.08. The van der Waals surface area contributed by atoms with Gasteiger partial charge in [0.1, 0.15) is 19.0 Å². The van der Waals surface area contributed by atoms with Crippen LogP contribution < -0.4 is 0 Å². The van der Waals surface area contributed by atoms with Crippen molar-refractivity contribution in [2.24, 2.45) is 0 Å². The smallest absolute Gasteiger partial charge is 0.338 e. The van der Waals surface area contributed by atoms with Crippen LogP contribution in [-0.2, 0) is 23.8 Å². The van der Waals surface area contributed by atoms with Crippen LogP contribution in [0.3, 0.4) is 0 Å². The van der Waals surface area contributed by atoms with E-state index in [-0.39, 0.29) is 30.1 Å². The minimum Gasteiger partial charge on any atom is -0.508 e. The Morgan fingerprint density at radius 1 is 1.17 bits per heavy atom. The van der Waals surface area contributed by atoms with Crippen LogP contribution in [0.15, 0.2) is 49.1 Å². The van der Waals surface area contributed by atoms with Crippen molar-refractivity contribution >= 4 is 17.9 Å². The van der Waals surface area contributed by atoms with Gasteiger partial charge in [0.15, 0.2) is 6.10 Å². The molecule has 0 spiro atoms. The van der Waals surface area contributed by atoms with E-state index in [4.69, 9.17) is 14.2 Å². The van der Waals surface area contributed by atoms with Gasteiger partial charge in [0, 0.05) is 11.6 Å². The van der Waals surface area contributed by atoms with Gasteiger partial charge < -0.3 is 19.3 Å². The summed E-state index contributed by atoms with van der Waals surface area (Å²) in [7, 11) is 0. The highest BCUT2D eigenvalue weighted by Gasteiger charge is 2.20. The van der Waals surface area contributed by atoms with E-state index in [0.717, 1.165) is 6.08 Å². The highest BCUT2D eigenvalue weighted by atomic mass is 16.6. The standard InChI is InChI=1S/C17H18O7/c1-4-15(19)22-9-14(10-23-16(20)11(2)3)24-17(21)12-5-7-13(18)8-6-12/h4-8,14,18H,1-2,9-10H2,3H3. The Kier molecular flexibility index (Phi) is 7.22. The molecule has 128 valence electrons.